The second-order valence-corrected chi connectivity index (χ2v) is 5.19. The Labute approximate surface area is 77.2 Å². The van der Waals surface area contributed by atoms with Crippen LogP contribution in [0.15, 0.2) is 0 Å². The van der Waals surface area contributed by atoms with Crippen molar-refractivity contribution in [1.29, 1.82) is 0 Å². The van der Waals surface area contributed by atoms with Crippen molar-refractivity contribution in [3.63, 3.8) is 0 Å². The topological polar surface area (TPSA) is 61.8 Å². The Morgan fingerprint density at radius 2 is 2.15 bits per heavy atom. The van der Waals surface area contributed by atoms with E-state index in [2.05, 4.69) is 9.47 Å². The van der Waals surface area contributed by atoms with Gasteiger partial charge >= 0.3 is 6.16 Å². The van der Waals surface area contributed by atoms with E-state index in [-0.39, 0.29) is 6.61 Å². The minimum Gasteiger partial charge on any atom is -0.430 e. The quantitative estimate of drug-likeness (QED) is 0.511. The summed E-state index contributed by atoms with van der Waals surface area (Å²) in [6, 6.07) is 0. The molecule has 1 heterocycles. The number of carbonyl (C=O) groups is 1. The number of rotatable bonds is 2. The highest BCUT2D eigenvalue weighted by Crippen LogP contribution is 2.37. The highest BCUT2D eigenvalue weighted by molar-refractivity contribution is 7.39. The van der Waals surface area contributed by atoms with Crippen molar-refractivity contribution in [2.75, 3.05) is 6.61 Å². The van der Waals surface area contributed by atoms with Crippen molar-refractivity contribution in [2.45, 2.75) is 32.2 Å². The number of cyclic esters (lactones) is 2. The van der Waals surface area contributed by atoms with Crippen LogP contribution < -0.4 is 0 Å². The first-order chi connectivity index (χ1) is 5.88. The summed E-state index contributed by atoms with van der Waals surface area (Å²) in [4.78, 5) is 10.5. The van der Waals surface area contributed by atoms with Crippen LogP contribution in [0, 0.1) is 0 Å². The van der Waals surface area contributed by atoms with Crippen LogP contribution in [0.2, 0.25) is 0 Å². The van der Waals surface area contributed by atoms with Gasteiger partial charge in [0.25, 0.3) is 0 Å². The molecule has 0 aromatic heterocycles. The first-order valence-corrected chi connectivity index (χ1v) is 5.34. The van der Waals surface area contributed by atoms with Gasteiger partial charge in [0.2, 0.25) is 13.9 Å². The Morgan fingerprint density at radius 1 is 1.54 bits per heavy atom. The van der Waals surface area contributed by atoms with Gasteiger partial charge in [-0.1, -0.05) is 0 Å². The van der Waals surface area contributed by atoms with Crippen LogP contribution in [-0.2, 0) is 18.6 Å². The zero-order valence-electron chi connectivity index (χ0n) is 7.83. The fourth-order valence-electron chi connectivity index (χ4n) is 0.812. The molecular formula is C7H13O5P. The molecule has 0 amide bonds. The first-order valence-electron chi connectivity index (χ1n) is 3.95. The van der Waals surface area contributed by atoms with Crippen molar-refractivity contribution < 1.29 is 23.4 Å². The number of hydrogen-bond donors (Lipinski definition) is 0. The third-order valence-electron chi connectivity index (χ3n) is 1.26. The van der Waals surface area contributed by atoms with E-state index in [0.717, 1.165) is 0 Å². The normalized spacial score (nSPS) is 25.2. The van der Waals surface area contributed by atoms with E-state index in [4.69, 9.17) is 4.52 Å². The molecule has 1 aliphatic rings. The van der Waals surface area contributed by atoms with Crippen LogP contribution in [0.5, 0.6) is 0 Å². The van der Waals surface area contributed by atoms with Gasteiger partial charge in [0.05, 0.1) is 5.60 Å². The fraction of sp³-hybridized carbons (Fsp3) is 0.857. The monoisotopic (exact) mass is 208 g/mol. The maximum absolute atomic E-state index is 11.4. The fourth-order valence-corrected chi connectivity index (χ4v) is 1.96. The summed E-state index contributed by atoms with van der Waals surface area (Å²) in [7, 11) is -2.38. The van der Waals surface area contributed by atoms with Gasteiger partial charge in [-0.05, 0) is 20.8 Å². The van der Waals surface area contributed by atoms with Crippen LogP contribution in [0.1, 0.15) is 20.8 Å². The van der Waals surface area contributed by atoms with E-state index in [0.29, 0.717) is 0 Å². The summed E-state index contributed by atoms with van der Waals surface area (Å²) >= 11 is 0. The molecule has 13 heavy (non-hydrogen) atoms. The third-order valence-corrected chi connectivity index (χ3v) is 2.88. The van der Waals surface area contributed by atoms with Gasteiger partial charge in [-0.2, -0.15) is 0 Å². The average Bonchev–Trinajstić information content (AvgIpc) is 2.31. The van der Waals surface area contributed by atoms with Crippen LogP contribution in [-0.4, -0.2) is 24.2 Å². The van der Waals surface area contributed by atoms with E-state index in [9.17, 15) is 9.36 Å². The molecule has 0 bridgehead atoms. The molecule has 1 fully saturated rings. The molecule has 0 aromatic carbocycles. The molecule has 2 atom stereocenters. The summed E-state index contributed by atoms with van der Waals surface area (Å²) in [5.74, 6) is -0.725. The highest BCUT2D eigenvalue weighted by atomic mass is 31.1. The van der Waals surface area contributed by atoms with Crippen LogP contribution in [0.25, 0.3) is 0 Å². The SMILES string of the molecule is CC(C)(C)O[PH](=O)C1COC(=O)O1. The van der Waals surface area contributed by atoms with Gasteiger partial charge < -0.3 is 14.0 Å². The average molecular weight is 208 g/mol. The lowest BCUT2D eigenvalue weighted by Gasteiger charge is -2.20. The Morgan fingerprint density at radius 3 is 2.54 bits per heavy atom. The zero-order chi connectivity index (χ0) is 10.1. The molecule has 1 aliphatic heterocycles. The molecule has 2 unspecified atom stereocenters. The molecule has 6 heteroatoms. The Kier molecular flexibility index (Phi) is 2.98. The molecule has 0 saturated carbocycles. The molecule has 5 nitrogen and oxygen atoms in total. The van der Waals surface area contributed by atoms with Gasteiger partial charge in [0.1, 0.15) is 6.61 Å². The molecular weight excluding hydrogens is 195 g/mol. The van der Waals surface area contributed by atoms with Gasteiger partial charge in [-0.25, -0.2) is 4.79 Å². The smallest absolute Gasteiger partial charge is 0.430 e. The Bertz CT molecular complexity index is 232. The maximum atomic E-state index is 11.4. The van der Waals surface area contributed by atoms with Crippen molar-refractivity contribution in [1.82, 2.24) is 0 Å². The summed E-state index contributed by atoms with van der Waals surface area (Å²) in [5, 5.41) is 0. The molecule has 0 aromatic rings. The van der Waals surface area contributed by atoms with Crippen molar-refractivity contribution >= 4 is 14.2 Å². The van der Waals surface area contributed by atoms with E-state index >= 15 is 0 Å². The van der Waals surface area contributed by atoms with E-state index in [1.165, 1.54) is 0 Å². The number of ether oxygens (including phenoxy) is 2. The van der Waals surface area contributed by atoms with Gasteiger partial charge in [-0.15, -0.1) is 0 Å². The minimum atomic E-state index is -2.38. The summed E-state index contributed by atoms with van der Waals surface area (Å²) in [5.41, 5.74) is -0.495. The molecule has 1 saturated heterocycles. The maximum Gasteiger partial charge on any atom is 0.509 e. The van der Waals surface area contributed by atoms with Crippen molar-refractivity contribution in [3.05, 3.63) is 0 Å². The summed E-state index contributed by atoms with van der Waals surface area (Å²) in [6.07, 6.45) is -0.777. The first kappa shape index (κ1) is 10.5. The number of hydrogen-bond acceptors (Lipinski definition) is 5. The molecule has 0 spiro atoms. The highest BCUT2D eigenvalue weighted by Gasteiger charge is 2.32. The molecule has 0 aliphatic carbocycles. The lowest BCUT2D eigenvalue weighted by Crippen LogP contribution is -2.18. The number of carbonyl (C=O) groups excluding carboxylic acids is 1. The third kappa shape index (κ3) is 3.36. The minimum absolute atomic E-state index is 0.0205. The van der Waals surface area contributed by atoms with Gasteiger partial charge in [0, 0.05) is 0 Å². The second kappa shape index (κ2) is 3.68. The van der Waals surface area contributed by atoms with E-state index < -0.39 is 25.6 Å². The summed E-state index contributed by atoms with van der Waals surface area (Å²) < 4.78 is 25.7. The predicted octanol–water partition coefficient (Wildman–Crippen LogP) is 1.77. The van der Waals surface area contributed by atoms with Gasteiger partial charge in [0.15, 0.2) is 0 Å². The lowest BCUT2D eigenvalue weighted by atomic mass is 10.2. The summed E-state index contributed by atoms with van der Waals surface area (Å²) in [6.45, 7) is 5.38. The van der Waals surface area contributed by atoms with Crippen molar-refractivity contribution in [2.24, 2.45) is 0 Å². The lowest BCUT2D eigenvalue weighted by molar-refractivity contribution is 0.113. The second-order valence-electron chi connectivity index (χ2n) is 3.70. The van der Waals surface area contributed by atoms with Crippen LogP contribution in [0.3, 0.4) is 0 Å². The molecule has 76 valence electrons. The van der Waals surface area contributed by atoms with Crippen LogP contribution in [0.4, 0.5) is 4.79 Å². The van der Waals surface area contributed by atoms with Crippen LogP contribution >= 0.6 is 8.03 Å². The van der Waals surface area contributed by atoms with E-state index in [1.54, 1.807) is 20.8 Å². The predicted molar refractivity (Wildman–Crippen MR) is 46.1 cm³/mol. The Hall–Kier alpha value is -0.540. The van der Waals surface area contributed by atoms with E-state index in [1.807, 2.05) is 0 Å². The molecule has 0 N–H and O–H groups in total. The standard InChI is InChI=1S/C7H13O5P/c1-7(2,3)12-13(9)5-4-10-6(8)11-5/h5,13H,4H2,1-3H3. The Balaban J connectivity index is 2.45. The van der Waals surface area contributed by atoms with Crippen molar-refractivity contribution in [3.8, 4) is 0 Å². The zero-order valence-corrected chi connectivity index (χ0v) is 8.83. The molecule has 0 radical (unpaired) electrons. The van der Waals surface area contributed by atoms with Gasteiger partial charge in [-0.3, -0.25) is 4.57 Å². The molecule has 1 rings (SSSR count). The largest absolute Gasteiger partial charge is 0.509 e.